The van der Waals surface area contributed by atoms with Crippen LogP contribution in [0.1, 0.15) is 30.1 Å². The van der Waals surface area contributed by atoms with Crippen molar-refractivity contribution in [2.24, 2.45) is 0 Å². The third-order valence-corrected chi connectivity index (χ3v) is 5.10. The van der Waals surface area contributed by atoms with E-state index in [1.165, 1.54) is 19.3 Å². The smallest absolute Gasteiger partial charge is 0.255 e. The minimum absolute atomic E-state index is 0.109. The van der Waals surface area contributed by atoms with Crippen molar-refractivity contribution in [3.8, 4) is 5.75 Å². The van der Waals surface area contributed by atoms with Crippen molar-refractivity contribution < 1.29 is 9.53 Å². The van der Waals surface area contributed by atoms with E-state index in [4.69, 9.17) is 16.3 Å². The number of carbonyl (C=O) groups is 1. The fourth-order valence-electron chi connectivity index (χ4n) is 2.19. The van der Waals surface area contributed by atoms with Gasteiger partial charge < -0.3 is 10.1 Å². The van der Waals surface area contributed by atoms with E-state index in [2.05, 4.69) is 12.2 Å². The molecule has 1 atom stereocenters. The molecule has 1 aliphatic heterocycles. The summed E-state index contributed by atoms with van der Waals surface area (Å²) in [5.74, 6) is 1.58. The number of halogens is 1. The van der Waals surface area contributed by atoms with Crippen LogP contribution in [0.25, 0.3) is 0 Å². The van der Waals surface area contributed by atoms with Crippen molar-refractivity contribution in [2.75, 3.05) is 19.4 Å². The minimum Gasteiger partial charge on any atom is -0.496 e. The largest absolute Gasteiger partial charge is 0.496 e. The Morgan fingerprint density at radius 1 is 1.58 bits per heavy atom. The molecule has 3 nitrogen and oxygen atoms in total. The summed E-state index contributed by atoms with van der Waals surface area (Å²) >= 11 is 7.82. The number of thioether (sulfide) groups is 1. The number of nitrogens with one attached hydrogen (secondary N) is 1. The lowest BCUT2D eigenvalue weighted by Crippen LogP contribution is -2.36. The number of hydrogen-bond donors (Lipinski definition) is 1. The maximum atomic E-state index is 12.2. The van der Waals surface area contributed by atoms with Gasteiger partial charge in [-0.25, -0.2) is 0 Å². The number of methoxy groups -OCH3 is 1. The summed E-state index contributed by atoms with van der Waals surface area (Å²) in [6.45, 7) is 2.88. The third-order valence-electron chi connectivity index (χ3n) is 3.33. The van der Waals surface area contributed by atoms with Crippen molar-refractivity contribution >= 4 is 29.3 Å². The van der Waals surface area contributed by atoms with E-state index in [0.717, 1.165) is 6.42 Å². The number of benzene rings is 1. The van der Waals surface area contributed by atoms with Crippen LogP contribution in [0.3, 0.4) is 0 Å². The summed E-state index contributed by atoms with van der Waals surface area (Å²) in [5.41, 5.74) is 0.526. The Kier molecular flexibility index (Phi) is 4.63. The van der Waals surface area contributed by atoms with Gasteiger partial charge in [-0.15, -0.1) is 0 Å². The quantitative estimate of drug-likeness (QED) is 0.926. The van der Waals surface area contributed by atoms with Gasteiger partial charge in [0.2, 0.25) is 0 Å². The fraction of sp³-hybridized carbons (Fsp3) is 0.500. The van der Waals surface area contributed by atoms with Gasteiger partial charge in [0.1, 0.15) is 5.75 Å². The molecule has 1 saturated heterocycles. The summed E-state index contributed by atoms with van der Waals surface area (Å²) in [4.78, 5) is 12.2. The standard InChI is InChI=1S/C14H18ClNO2S/c1-14(6-3-7-19-14)9-16-13(17)11-5-4-10(15)8-12(11)18-2/h4-5,8H,3,6-7,9H2,1-2H3,(H,16,17). The first-order valence-corrected chi connectivity index (χ1v) is 7.66. The van der Waals surface area contributed by atoms with Crippen LogP contribution >= 0.6 is 23.4 Å². The van der Waals surface area contributed by atoms with Crippen LogP contribution in [0.2, 0.25) is 5.02 Å². The van der Waals surface area contributed by atoms with Crippen molar-refractivity contribution in [2.45, 2.75) is 24.5 Å². The first-order valence-electron chi connectivity index (χ1n) is 6.30. The predicted molar refractivity (Wildman–Crippen MR) is 80.4 cm³/mol. The van der Waals surface area contributed by atoms with Crippen molar-refractivity contribution in [1.82, 2.24) is 5.32 Å². The van der Waals surface area contributed by atoms with Gasteiger partial charge in [-0.05, 0) is 43.7 Å². The molecule has 2 rings (SSSR count). The summed E-state index contributed by atoms with van der Waals surface area (Å²) in [6, 6.07) is 5.05. The van der Waals surface area contributed by atoms with E-state index in [1.807, 2.05) is 11.8 Å². The molecule has 0 aliphatic carbocycles. The van der Waals surface area contributed by atoms with Crippen LogP contribution in [-0.2, 0) is 0 Å². The Hall–Kier alpha value is -0.870. The van der Waals surface area contributed by atoms with E-state index in [-0.39, 0.29) is 10.7 Å². The Labute approximate surface area is 123 Å². The average molecular weight is 300 g/mol. The number of carbonyl (C=O) groups excluding carboxylic acids is 1. The Morgan fingerprint density at radius 2 is 2.37 bits per heavy atom. The van der Waals surface area contributed by atoms with E-state index in [0.29, 0.717) is 22.9 Å². The predicted octanol–water partition coefficient (Wildman–Crippen LogP) is 3.36. The average Bonchev–Trinajstić information content (AvgIpc) is 2.83. The van der Waals surface area contributed by atoms with Crippen LogP contribution in [0.5, 0.6) is 5.75 Å². The van der Waals surface area contributed by atoms with Gasteiger partial charge in [0, 0.05) is 16.3 Å². The monoisotopic (exact) mass is 299 g/mol. The SMILES string of the molecule is COc1cc(Cl)ccc1C(=O)NCC1(C)CCCS1. The van der Waals surface area contributed by atoms with E-state index >= 15 is 0 Å². The van der Waals surface area contributed by atoms with E-state index in [9.17, 15) is 4.79 Å². The number of hydrogen-bond acceptors (Lipinski definition) is 3. The zero-order valence-corrected chi connectivity index (χ0v) is 12.7. The van der Waals surface area contributed by atoms with Crippen LogP contribution < -0.4 is 10.1 Å². The number of amides is 1. The van der Waals surface area contributed by atoms with Crippen LogP contribution in [0.4, 0.5) is 0 Å². The highest BCUT2D eigenvalue weighted by molar-refractivity contribution is 8.00. The molecule has 0 bridgehead atoms. The van der Waals surface area contributed by atoms with Crippen LogP contribution in [-0.4, -0.2) is 30.1 Å². The fourth-order valence-corrected chi connectivity index (χ4v) is 3.60. The molecule has 0 radical (unpaired) electrons. The van der Waals surface area contributed by atoms with Gasteiger partial charge in [-0.1, -0.05) is 11.6 Å². The van der Waals surface area contributed by atoms with Crippen molar-refractivity contribution in [3.05, 3.63) is 28.8 Å². The molecule has 0 aromatic heterocycles. The zero-order valence-electron chi connectivity index (χ0n) is 11.2. The molecule has 0 spiro atoms. The van der Waals surface area contributed by atoms with E-state index in [1.54, 1.807) is 18.2 Å². The molecule has 1 aromatic rings. The lowest BCUT2D eigenvalue weighted by Gasteiger charge is -2.23. The summed E-state index contributed by atoms with van der Waals surface area (Å²) < 4.78 is 5.36. The van der Waals surface area contributed by atoms with E-state index < -0.39 is 0 Å². The van der Waals surface area contributed by atoms with Gasteiger partial charge in [-0.2, -0.15) is 11.8 Å². The maximum absolute atomic E-state index is 12.2. The van der Waals surface area contributed by atoms with Crippen molar-refractivity contribution in [3.63, 3.8) is 0 Å². The highest BCUT2D eigenvalue weighted by atomic mass is 35.5. The second kappa shape index (κ2) is 6.06. The van der Waals surface area contributed by atoms with Gasteiger partial charge in [0.25, 0.3) is 5.91 Å². The third kappa shape index (κ3) is 3.57. The summed E-state index contributed by atoms with van der Waals surface area (Å²) in [7, 11) is 1.54. The van der Waals surface area contributed by atoms with Gasteiger partial charge in [-0.3, -0.25) is 4.79 Å². The molecule has 19 heavy (non-hydrogen) atoms. The topological polar surface area (TPSA) is 38.3 Å². The molecule has 1 heterocycles. The van der Waals surface area contributed by atoms with Gasteiger partial charge in [0.05, 0.1) is 12.7 Å². The molecule has 0 saturated carbocycles. The summed E-state index contributed by atoms with van der Waals surface area (Å²) in [6.07, 6.45) is 2.37. The normalized spacial score (nSPS) is 22.3. The van der Waals surface area contributed by atoms with Gasteiger partial charge >= 0.3 is 0 Å². The lowest BCUT2D eigenvalue weighted by molar-refractivity contribution is 0.0947. The molecule has 5 heteroatoms. The molecule has 1 aliphatic rings. The van der Waals surface area contributed by atoms with Crippen LogP contribution in [0, 0.1) is 0 Å². The highest BCUT2D eigenvalue weighted by Gasteiger charge is 2.30. The highest BCUT2D eigenvalue weighted by Crippen LogP contribution is 2.37. The first kappa shape index (κ1) is 14.5. The number of ether oxygens (including phenoxy) is 1. The maximum Gasteiger partial charge on any atom is 0.255 e. The molecule has 1 unspecified atom stereocenters. The Balaban J connectivity index is 2.03. The second-order valence-electron chi connectivity index (χ2n) is 4.93. The summed E-state index contributed by atoms with van der Waals surface area (Å²) in [5, 5.41) is 3.55. The molecular weight excluding hydrogens is 282 g/mol. The molecule has 1 fully saturated rings. The molecule has 1 amide bonds. The lowest BCUT2D eigenvalue weighted by atomic mass is 10.1. The number of rotatable bonds is 4. The molecule has 1 N–H and O–H groups in total. The molecule has 104 valence electrons. The van der Waals surface area contributed by atoms with Gasteiger partial charge in [0.15, 0.2) is 0 Å². The minimum atomic E-state index is -0.109. The molecule has 1 aromatic carbocycles. The second-order valence-corrected chi connectivity index (χ2v) is 7.05. The zero-order chi connectivity index (χ0) is 13.9. The first-order chi connectivity index (χ1) is 9.04. The Morgan fingerprint density at radius 3 is 3.00 bits per heavy atom. The van der Waals surface area contributed by atoms with Crippen LogP contribution in [0.15, 0.2) is 18.2 Å². The Bertz CT molecular complexity index is 473. The van der Waals surface area contributed by atoms with Crippen molar-refractivity contribution in [1.29, 1.82) is 0 Å². The molecular formula is C14H18ClNO2S.